The van der Waals surface area contributed by atoms with Crippen molar-refractivity contribution in [2.75, 3.05) is 5.32 Å². The topological polar surface area (TPSA) is 72.7 Å². The largest absolute Gasteiger partial charge is 0.328 e. The predicted octanol–water partition coefficient (Wildman–Crippen LogP) is 4.67. The zero-order chi connectivity index (χ0) is 19.3. The predicted molar refractivity (Wildman–Crippen MR) is 107 cm³/mol. The van der Waals surface area contributed by atoms with Gasteiger partial charge in [-0.05, 0) is 42.7 Å². The first-order chi connectivity index (χ1) is 13.6. The van der Waals surface area contributed by atoms with Crippen LogP contribution >= 0.6 is 23.2 Å². The number of aromatic nitrogens is 4. The molecule has 1 aliphatic heterocycles. The van der Waals surface area contributed by atoms with Crippen LogP contribution in [0.25, 0.3) is 11.4 Å². The first kappa shape index (κ1) is 17.4. The lowest BCUT2D eigenvalue weighted by Crippen LogP contribution is -2.31. The van der Waals surface area contributed by atoms with Crippen LogP contribution in [0.1, 0.15) is 30.9 Å². The highest BCUT2D eigenvalue weighted by atomic mass is 35.5. The molecule has 1 aromatic carbocycles. The molecule has 1 atom stereocenters. The van der Waals surface area contributed by atoms with E-state index < -0.39 is 6.04 Å². The maximum absolute atomic E-state index is 12.8. The zero-order valence-corrected chi connectivity index (χ0v) is 16.2. The highest BCUT2D eigenvalue weighted by Crippen LogP contribution is 2.41. The molecule has 3 heterocycles. The van der Waals surface area contributed by atoms with Crippen molar-refractivity contribution in [3.05, 3.63) is 69.6 Å². The van der Waals surface area contributed by atoms with E-state index in [1.807, 2.05) is 18.2 Å². The molecule has 0 spiro atoms. The molecule has 6 nitrogen and oxygen atoms in total. The standard InChI is InChI=1S/C20H15Cl2N5O/c21-13-5-4-12(10-14(13)22)18-17-15(2-1-3-16(17)28)24-20-25-19(26-27(18)20)11-6-8-23-9-7-11/h4-10,18H,1-3H2,(H,24,25,26). The average molecular weight is 412 g/mol. The van der Waals surface area contributed by atoms with Crippen molar-refractivity contribution in [3.63, 3.8) is 0 Å². The fourth-order valence-electron chi connectivity index (χ4n) is 3.77. The van der Waals surface area contributed by atoms with Crippen LogP contribution in [0.4, 0.5) is 5.95 Å². The molecule has 1 aliphatic carbocycles. The van der Waals surface area contributed by atoms with Gasteiger partial charge < -0.3 is 5.32 Å². The fourth-order valence-corrected chi connectivity index (χ4v) is 4.08. The van der Waals surface area contributed by atoms with Crippen LogP contribution in [-0.2, 0) is 4.79 Å². The van der Waals surface area contributed by atoms with Crippen molar-refractivity contribution in [2.24, 2.45) is 0 Å². The summed E-state index contributed by atoms with van der Waals surface area (Å²) in [4.78, 5) is 21.5. The number of halogens is 2. The van der Waals surface area contributed by atoms with Gasteiger partial charge in [0.05, 0.1) is 10.0 Å². The Morgan fingerprint density at radius 1 is 1.07 bits per heavy atom. The van der Waals surface area contributed by atoms with Crippen molar-refractivity contribution in [1.29, 1.82) is 0 Å². The lowest BCUT2D eigenvalue weighted by molar-refractivity contribution is -0.116. The van der Waals surface area contributed by atoms with Crippen LogP contribution in [-0.4, -0.2) is 25.5 Å². The number of hydrogen-bond donors (Lipinski definition) is 1. The van der Waals surface area contributed by atoms with E-state index in [1.165, 1.54) is 0 Å². The second kappa shape index (κ2) is 6.72. The van der Waals surface area contributed by atoms with Gasteiger partial charge >= 0.3 is 0 Å². The summed E-state index contributed by atoms with van der Waals surface area (Å²) in [5, 5.41) is 8.94. The third-order valence-corrected chi connectivity index (χ3v) is 5.81. The average Bonchev–Trinajstić information content (AvgIpc) is 3.13. The highest BCUT2D eigenvalue weighted by molar-refractivity contribution is 6.42. The number of nitrogens with zero attached hydrogens (tertiary/aromatic N) is 4. The van der Waals surface area contributed by atoms with E-state index in [0.29, 0.717) is 28.2 Å². The Hall–Kier alpha value is -2.70. The summed E-state index contributed by atoms with van der Waals surface area (Å²) in [6, 6.07) is 8.74. The van der Waals surface area contributed by atoms with Gasteiger partial charge in [0.15, 0.2) is 11.6 Å². The van der Waals surface area contributed by atoms with E-state index in [1.54, 1.807) is 29.2 Å². The van der Waals surface area contributed by atoms with Crippen LogP contribution in [0.3, 0.4) is 0 Å². The number of rotatable bonds is 2. The van der Waals surface area contributed by atoms with Crippen LogP contribution in [0.5, 0.6) is 0 Å². The van der Waals surface area contributed by atoms with Gasteiger partial charge in [-0.1, -0.05) is 29.3 Å². The zero-order valence-electron chi connectivity index (χ0n) is 14.7. The maximum Gasteiger partial charge on any atom is 0.226 e. The summed E-state index contributed by atoms with van der Waals surface area (Å²) in [6.45, 7) is 0. The van der Waals surface area contributed by atoms with Gasteiger partial charge in [-0.3, -0.25) is 9.78 Å². The molecule has 0 saturated carbocycles. The van der Waals surface area contributed by atoms with Crippen molar-refractivity contribution in [2.45, 2.75) is 25.3 Å². The third-order valence-electron chi connectivity index (χ3n) is 5.07. The summed E-state index contributed by atoms with van der Waals surface area (Å²) in [6.07, 6.45) is 5.55. The second-order valence-electron chi connectivity index (χ2n) is 6.81. The van der Waals surface area contributed by atoms with Crippen molar-refractivity contribution >= 4 is 34.9 Å². The van der Waals surface area contributed by atoms with Crippen LogP contribution in [0.15, 0.2) is 54.0 Å². The number of hydrogen-bond acceptors (Lipinski definition) is 5. The minimum Gasteiger partial charge on any atom is -0.328 e. The Bertz CT molecular complexity index is 1120. The molecular formula is C20H15Cl2N5O. The van der Waals surface area contributed by atoms with E-state index >= 15 is 0 Å². The Morgan fingerprint density at radius 2 is 1.89 bits per heavy atom. The summed E-state index contributed by atoms with van der Waals surface area (Å²) < 4.78 is 1.76. The first-order valence-electron chi connectivity index (χ1n) is 8.97. The minimum atomic E-state index is -0.392. The number of carbonyl (C=O) groups is 1. The third kappa shape index (κ3) is 2.80. The molecule has 0 fully saturated rings. The van der Waals surface area contributed by atoms with Crippen LogP contribution < -0.4 is 5.32 Å². The molecule has 0 bridgehead atoms. The molecule has 2 aliphatic rings. The second-order valence-corrected chi connectivity index (χ2v) is 7.62. The van der Waals surface area contributed by atoms with Crippen LogP contribution in [0, 0.1) is 0 Å². The highest BCUT2D eigenvalue weighted by Gasteiger charge is 2.37. The summed E-state index contributed by atoms with van der Waals surface area (Å²) >= 11 is 12.4. The lowest BCUT2D eigenvalue weighted by Gasteiger charge is -2.32. The Balaban J connectivity index is 1.70. The van der Waals surface area contributed by atoms with Crippen LogP contribution in [0.2, 0.25) is 10.0 Å². The number of pyridine rings is 1. The van der Waals surface area contributed by atoms with Gasteiger partial charge in [0.1, 0.15) is 6.04 Å². The van der Waals surface area contributed by atoms with Gasteiger partial charge in [-0.25, -0.2) is 4.68 Å². The molecule has 5 rings (SSSR count). The van der Waals surface area contributed by atoms with E-state index in [9.17, 15) is 4.79 Å². The quantitative estimate of drug-likeness (QED) is 0.663. The Kier molecular flexibility index (Phi) is 4.18. The maximum atomic E-state index is 12.8. The Morgan fingerprint density at radius 3 is 2.68 bits per heavy atom. The van der Waals surface area contributed by atoms with Crippen molar-refractivity contribution in [1.82, 2.24) is 19.7 Å². The SMILES string of the molecule is O=C1CCCC2=C1C(c1ccc(Cl)c(Cl)c1)n1nc(-c3ccncc3)nc1N2. The van der Waals surface area contributed by atoms with Gasteiger partial charge in [-0.2, -0.15) is 4.98 Å². The molecule has 3 aromatic rings. The number of ketones is 1. The summed E-state index contributed by atoms with van der Waals surface area (Å²) in [7, 11) is 0. The van der Waals surface area contributed by atoms with Gasteiger partial charge in [0.2, 0.25) is 5.95 Å². The molecule has 28 heavy (non-hydrogen) atoms. The number of Topliss-reactive ketones (excluding diaryl/α,β-unsaturated/α-hetero) is 1. The molecule has 140 valence electrons. The molecule has 0 saturated heterocycles. The number of allylic oxidation sites excluding steroid dienone is 2. The van der Waals surface area contributed by atoms with Crippen molar-refractivity contribution in [3.8, 4) is 11.4 Å². The van der Waals surface area contributed by atoms with E-state index in [-0.39, 0.29) is 5.78 Å². The molecule has 8 heteroatoms. The number of anilines is 1. The molecular weight excluding hydrogens is 397 g/mol. The fraction of sp³-hybridized carbons (Fsp3) is 0.200. The van der Waals surface area contributed by atoms with Crippen molar-refractivity contribution < 1.29 is 4.79 Å². The number of nitrogens with one attached hydrogen (secondary N) is 1. The van der Waals surface area contributed by atoms with Gasteiger partial charge in [-0.15, -0.1) is 5.10 Å². The number of carbonyl (C=O) groups excluding carboxylic acids is 1. The normalized spacial score (nSPS) is 18.5. The monoisotopic (exact) mass is 411 g/mol. The molecule has 2 aromatic heterocycles. The van der Waals surface area contributed by atoms with E-state index in [2.05, 4.69) is 15.3 Å². The molecule has 1 unspecified atom stereocenters. The number of benzene rings is 1. The summed E-state index contributed by atoms with van der Waals surface area (Å²) in [5.74, 6) is 1.30. The Labute approximate surface area is 171 Å². The summed E-state index contributed by atoms with van der Waals surface area (Å²) in [5.41, 5.74) is 3.35. The van der Waals surface area contributed by atoms with Gasteiger partial charge in [0, 0.05) is 35.6 Å². The minimum absolute atomic E-state index is 0.122. The number of fused-ring (bicyclic) bond motifs is 1. The van der Waals surface area contributed by atoms with E-state index in [4.69, 9.17) is 28.3 Å². The van der Waals surface area contributed by atoms with Gasteiger partial charge in [0.25, 0.3) is 0 Å². The lowest BCUT2D eigenvalue weighted by atomic mass is 9.85. The molecule has 0 radical (unpaired) electrons. The first-order valence-corrected chi connectivity index (χ1v) is 9.72. The molecule has 1 N–H and O–H groups in total. The van der Waals surface area contributed by atoms with E-state index in [0.717, 1.165) is 35.2 Å². The molecule has 0 amide bonds. The smallest absolute Gasteiger partial charge is 0.226 e.